The maximum atomic E-state index is 12.8. The van der Waals surface area contributed by atoms with Gasteiger partial charge >= 0.3 is 0 Å². The summed E-state index contributed by atoms with van der Waals surface area (Å²) in [5, 5.41) is 3.36. The molecule has 1 aliphatic rings. The average Bonchev–Trinajstić information content (AvgIpc) is 2.60. The van der Waals surface area contributed by atoms with Gasteiger partial charge in [-0.2, -0.15) is 16.5 Å². The molecular weight excluding hydrogens is 427 g/mol. The van der Waals surface area contributed by atoms with Crippen molar-refractivity contribution in [1.82, 2.24) is 10.0 Å². The van der Waals surface area contributed by atoms with Gasteiger partial charge in [-0.3, -0.25) is 4.79 Å². The number of halogens is 2. The molecule has 2 rings (SSSR count). The molecule has 1 fully saturated rings. The standard InChI is InChI=1S/C18H26Cl2N2O3S2/c1-12-4-3-5-14(10-12)21-18(23)16(8-9-26-2)22-27(24,25)17-11-13(19)6-7-15(17)20/h6-7,11-12,14,16,22H,3-5,8-10H2,1-2H3,(H,21,23). The van der Waals surface area contributed by atoms with E-state index in [0.29, 0.717) is 18.1 Å². The van der Waals surface area contributed by atoms with E-state index in [1.165, 1.54) is 24.6 Å². The molecule has 3 unspecified atom stereocenters. The van der Waals surface area contributed by atoms with Crippen LogP contribution in [0, 0.1) is 5.92 Å². The molecule has 0 aliphatic heterocycles. The van der Waals surface area contributed by atoms with Crippen LogP contribution in [0.2, 0.25) is 10.0 Å². The minimum atomic E-state index is -3.98. The summed E-state index contributed by atoms with van der Waals surface area (Å²) in [5.41, 5.74) is 0. The summed E-state index contributed by atoms with van der Waals surface area (Å²) in [4.78, 5) is 12.7. The van der Waals surface area contributed by atoms with Crippen LogP contribution >= 0.6 is 35.0 Å². The fraction of sp³-hybridized carbons (Fsp3) is 0.611. The first kappa shape index (κ1) is 22.8. The van der Waals surface area contributed by atoms with Crippen LogP contribution in [0.25, 0.3) is 0 Å². The van der Waals surface area contributed by atoms with E-state index >= 15 is 0 Å². The van der Waals surface area contributed by atoms with Gasteiger partial charge in [0.25, 0.3) is 0 Å². The van der Waals surface area contributed by atoms with Crippen LogP contribution in [0.3, 0.4) is 0 Å². The quantitative estimate of drug-likeness (QED) is 0.622. The molecule has 1 aromatic carbocycles. The zero-order chi connectivity index (χ0) is 20.0. The zero-order valence-corrected chi connectivity index (χ0v) is 18.6. The van der Waals surface area contributed by atoms with Gasteiger partial charge in [-0.05, 0) is 55.4 Å². The maximum Gasteiger partial charge on any atom is 0.242 e. The van der Waals surface area contributed by atoms with Gasteiger partial charge < -0.3 is 5.32 Å². The Morgan fingerprint density at radius 3 is 2.74 bits per heavy atom. The Hall–Kier alpha value is -0.470. The molecule has 1 amide bonds. The summed E-state index contributed by atoms with van der Waals surface area (Å²) < 4.78 is 28.1. The van der Waals surface area contributed by atoms with Crippen molar-refractivity contribution in [3.63, 3.8) is 0 Å². The summed E-state index contributed by atoms with van der Waals surface area (Å²) in [6.45, 7) is 2.17. The minimum Gasteiger partial charge on any atom is -0.352 e. The number of benzene rings is 1. The van der Waals surface area contributed by atoms with Crippen LogP contribution < -0.4 is 10.0 Å². The van der Waals surface area contributed by atoms with Gasteiger partial charge in [0.2, 0.25) is 15.9 Å². The van der Waals surface area contributed by atoms with E-state index in [4.69, 9.17) is 23.2 Å². The third kappa shape index (κ3) is 6.82. The SMILES string of the molecule is CSCCC(NS(=O)(=O)c1cc(Cl)ccc1Cl)C(=O)NC1CCCC(C)C1. The van der Waals surface area contributed by atoms with Crippen molar-refractivity contribution in [1.29, 1.82) is 0 Å². The number of sulfonamides is 1. The molecule has 5 nitrogen and oxygen atoms in total. The highest BCUT2D eigenvalue weighted by Gasteiger charge is 2.29. The van der Waals surface area contributed by atoms with Gasteiger partial charge in [0.15, 0.2) is 0 Å². The second-order valence-corrected chi connectivity index (χ2v) is 10.5. The molecule has 1 aromatic rings. The van der Waals surface area contributed by atoms with Crippen molar-refractivity contribution in [2.45, 2.75) is 56.0 Å². The highest BCUT2D eigenvalue weighted by molar-refractivity contribution is 7.98. The third-order valence-electron chi connectivity index (χ3n) is 4.69. The largest absolute Gasteiger partial charge is 0.352 e. The number of carbonyl (C=O) groups is 1. The second-order valence-electron chi connectivity index (χ2n) is 7.01. The Morgan fingerprint density at radius 1 is 1.33 bits per heavy atom. The van der Waals surface area contributed by atoms with E-state index in [0.717, 1.165) is 19.3 Å². The van der Waals surface area contributed by atoms with E-state index in [1.807, 2.05) is 6.26 Å². The Bertz CT molecular complexity index is 759. The number of nitrogens with one attached hydrogen (secondary N) is 2. The highest BCUT2D eigenvalue weighted by Crippen LogP contribution is 2.26. The normalized spacial score (nSPS) is 21.6. The van der Waals surface area contributed by atoms with Crippen molar-refractivity contribution in [2.24, 2.45) is 5.92 Å². The minimum absolute atomic E-state index is 0.0667. The molecule has 9 heteroatoms. The van der Waals surface area contributed by atoms with E-state index in [1.54, 1.807) is 11.8 Å². The number of rotatable bonds is 8. The Balaban J connectivity index is 2.14. The maximum absolute atomic E-state index is 12.8. The van der Waals surface area contributed by atoms with Gasteiger partial charge in [-0.1, -0.05) is 43.0 Å². The van der Waals surface area contributed by atoms with Gasteiger partial charge in [0, 0.05) is 11.1 Å². The zero-order valence-electron chi connectivity index (χ0n) is 15.5. The smallest absolute Gasteiger partial charge is 0.242 e. The second kappa shape index (κ2) is 10.3. The van der Waals surface area contributed by atoms with Gasteiger partial charge in [0.05, 0.1) is 5.02 Å². The van der Waals surface area contributed by atoms with Gasteiger partial charge in [0.1, 0.15) is 10.9 Å². The summed E-state index contributed by atoms with van der Waals surface area (Å²) in [7, 11) is -3.98. The molecule has 1 aliphatic carbocycles. The van der Waals surface area contributed by atoms with Crippen LogP contribution in [0.5, 0.6) is 0 Å². The fourth-order valence-corrected chi connectivity index (χ4v) is 5.74. The number of hydrogen-bond donors (Lipinski definition) is 2. The Kier molecular flexibility index (Phi) is 8.74. The summed E-state index contributed by atoms with van der Waals surface area (Å²) >= 11 is 13.5. The molecule has 0 radical (unpaired) electrons. The lowest BCUT2D eigenvalue weighted by Gasteiger charge is -2.29. The number of thioether (sulfide) groups is 1. The summed E-state index contributed by atoms with van der Waals surface area (Å²) in [6.07, 6.45) is 6.41. The predicted molar refractivity (Wildman–Crippen MR) is 113 cm³/mol. The molecule has 3 atom stereocenters. The van der Waals surface area contributed by atoms with E-state index < -0.39 is 16.1 Å². The number of carbonyl (C=O) groups excluding carboxylic acids is 1. The lowest BCUT2D eigenvalue weighted by Crippen LogP contribution is -2.50. The third-order valence-corrected chi connectivity index (χ3v) is 7.52. The lowest BCUT2D eigenvalue weighted by molar-refractivity contribution is -0.123. The Morgan fingerprint density at radius 2 is 2.07 bits per heavy atom. The first-order valence-corrected chi connectivity index (χ1v) is 12.6. The van der Waals surface area contributed by atoms with Crippen molar-refractivity contribution < 1.29 is 13.2 Å². The molecule has 27 heavy (non-hydrogen) atoms. The molecule has 0 saturated heterocycles. The average molecular weight is 453 g/mol. The van der Waals surface area contributed by atoms with Crippen LogP contribution in [-0.2, 0) is 14.8 Å². The van der Waals surface area contributed by atoms with Gasteiger partial charge in [-0.25, -0.2) is 8.42 Å². The molecular formula is C18H26Cl2N2O3S2. The van der Waals surface area contributed by atoms with Crippen molar-refractivity contribution >= 4 is 50.9 Å². The van der Waals surface area contributed by atoms with E-state index in [2.05, 4.69) is 17.0 Å². The molecule has 0 bridgehead atoms. The van der Waals surface area contributed by atoms with Crippen LogP contribution in [0.4, 0.5) is 0 Å². The molecule has 0 aromatic heterocycles. The van der Waals surface area contributed by atoms with Crippen LogP contribution in [0.15, 0.2) is 23.1 Å². The molecule has 1 saturated carbocycles. The first-order chi connectivity index (χ1) is 12.7. The Labute approximate surface area is 176 Å². The van der Waals surface area contributed by atoms with Gasteiger partial charge in [-0.15, -0.1) is 0 Å². The molecule has 0 spiro atoms. The van der Waals surface area contributed by atoms with Crippen LogP contribution in [-0.4, -0.2) is 38.4 Å². The monoisotopic (exact) mass is 452 g/mol. The van der Waals surface area contributed by atoms with E-state index in [-0.39, 0.29) is 26.9 Å². The summed E-state index contributed by atoms with van der Waals surface area (Å²) in [5.74, 6) is 0.936. The van der Waals surface area contributed by atoms with Crippen LogP contribution in [0.1, 0.15) is 39.0 Å². The predicted octanol–water partition coefficient (Wildman–Crippen LogP) is 4.09. The lowest BCUT2D eigenvalue weighted by atomic mass is 9.87. The van der Waals surface area contributed by atoms with Crippen molar-refractivity contribution in [3.8, 4) is 0 Å². The summed E-state index contributed by atoms with van der Waals surface area (Å²) in [6, 6.07) is 3.48. The van der Waals surface area contributed by atoms with E-state index in [9.17, 15) is 13.2 Å². The van der Waals surface area contributed by atoms with Crippen molar-refractivity contribution in [3.05, 3.63) is 28.2 Å². The molecule has 152 valence electrons. The number of hydrogen-bond acceptors (Lipinski definition) is 4. The molecule has 2 N–H and O–H groups in total. The fourth-order valence-electron chi connectivity index (χ4n) is 3.28. The topological polar surface area (TPSA) is 75.3 Å². The first-order valence-electron chi connectivity index (χ1n) is 8.99. The number of amides is 1. The van der Waals surface area contributed by atoms with Crippen molar-refractivity contribution in [2.75, 3.05) is 12.0 Å². The highest BCUT2D eigenvalue weighted by atomic mass is 35.5. The molecule has 0 heterocycles.